The van der Waals surface area contributed by atoms with E-state index in [-0.39, 0.29) is 5.25 Å². The molecular weight excluding hydrogens is 124 g/mol. The molecule has 0 aliphatic carbocycles. The van der Waals surface area contributed by atoms with Crippen LogP contribution in [0.5, 0.6) is 0 Å². The van der Waals surface area contributed by atoms with Crippen molar-refractivity contribution >= 4 is 11.8 Å². The van der Waals surface area contributed by atoms with Gasteiger partial charge in [-0.05, 0) is 12.7 Å². The van der Waals surface area contributed by atoms with Gasteiger partial charge in [0.15, 0.2) is 6.29 Å². The Kier molecular flexibility index (Phi) is 4.32. The summed E-state index contributed by atoms with van der Waals surface area (Å²) in [6.45, 7) is 1.93. The third kappa shape index (κ3) is 2.55. The fourth-order valence-corrected chi connectivity index (χ4v) is 1.08. The molecule has 0 bridgehead atoms. The van der Waals surface area contributed by atoms with E-state index in [0.717, 1.165) is 6.42 Å². The van der Waals surface area contributed by atoms with Crippen LogP contribution in [0.25, 0.3) is 0 Å². The van der Waals surface area contributed by atoms with Crippen molar-refractivity contribution < 1.29 is 10.2 Å². The maximum atomic E-state index is 8.55. The van der Waals surface area contributed by atoms with Gasteiger partial charge < -0.3 is 10.2 Å². The molecule has 1 unspecified atom stereocenters. The first kappa shape index (κ1) is 8.27. The second-order valence-corrected chi connectivity index (χ2v) is 2.67. The largest absolute Gasteiger partial charge is 0.367 e. The molecule has 0 saturated carbocycles. The Morgan fingerprint density at radius 1 is 1.50 bits per heavy atom. The first-order valence-corrected chi connectivity index (χ1v) is 3.90. The van der Waals surface area contributed by atoms with Crippen LogP contribution in [-0.4, -0.2) is 28.0 Å². The van der Waals surface area contributed by atoms with E-state index < -0.39 is 6.29 Å². The Morgan fingerprint density at radius 3 is 2.00 bits per heavy atom. The second-order valence-electron chi connectivity index (χ2n) is 1.60. The number of hydrogen-bond donors (Lipinski definition) is 2. The highest BCUT2D eigenvalue weighted by Gasteiger charge is 2.10. The van der Waals surface area contributed by atoms with E-state index in [2.05, 4.69) is 0 Å². The zero-order valence-corrected chi connectivity index (χ0v) is 5.98. The first-order valence-electron chi connectivity index (χ1n) is 2.61. The highest BCUT2D eigenvalue weighted by Crippen LogP contribution is 2.12. The molecule has 0 fully saturated rings. The van der Waals surface area contributed by atoms with Crippen molar-refractivity contribution in [3.05, 3.63) is 0 Å². The van der Waals surface area contributed by atoms with E-state index in [1.807, 2.05) is 13.2 Å². The van der Waals surface area contributed by atoms with E-state index in [1.165, 1.54) is 11.8 Å². The molecule has 0 saturated heterocycles. The minimum Gasteiger partial charge on any atom is -0.367 e. The Balaban J connectivity index is 3.35. The summed E-state index contributed by atoms with van der Waals surface area (Å²) in [6.07, 6.45) is 1.52. The summed E-state index contributed by atoms with van der Waals surface area (Å²) in [7, 11) is 0. The molecule has 0 aromatic carbocycles. The van der Waals surface area contributed by atoms with Crippen molar-refractivity contribution in [2.45, 2.75) is 24.9 Å². The maximum absolute atomic E-state index is 8.55. The van der Waals surface area contributed by atoms with Crippen LogP contribution in [0.15, 0.2) is 0 Å². The van der Waals surface area contributed by atoms with Gasteiger partial charge in [-0.1, -0.05) is 6.92 Å². The van der Waals surface area contributed by atoms with E-state index >= 15 is 0 Å². The van der Waals surface area contributed by atoms with Crippen LogP contribution in [0, 0.1) is 0 Å². The number of aliphatic hydroxyl groups excluding tert-OH is 1. The highest BCUT2D eigenvalue weighted by molar-refractivity contribution is 7.99. The molecule has 0 rings (SSSR count). The average Bonchev–Trinajstić information content (AvgIpc) is 1.69. The van der Waals surface area contributed by atoms with Gasteiger partial charge in [-0.2, -0.15) is 11.8 Å². The van der Waals surface area contributed by atoms with Gasteiger partial charge in [0, 0.05) is 0 Å². The summed E-state index contributed by atoms with van der Waals surface area (Å²) in [5.41, 5.74) is 0. The lowest BCUT2D eigenvalue weighted by molar-refractivity contribution is -0.0403. The van der Waals surface area contributed by atoms with E-state index in [9.17, 15) is 0 Å². The van der Waals surface area contributed by atoms with Crippen LogP contribution in [0.3, 0.4) is 0 Å². The lowest BCUT2D eigenvalue weighted by Crippen LogP contribution is -2.20. The van der Waals surface area contributed by atoms with Gasteiger partial charge in [-0.25, -0.2) is 0 Å². The highest BCUT2D eigenvalue weighted by atomic mass is 32.2. The first-order chi connectivity index (χ1) is 3.72. The van der Waals surface area contributed by atoms with E-state index in [0.29, 0.717) is 0 Å². The smallest absolute Gasteiger partial charge is 0.163 e. The van der Waals surface area contributed by atoms with Crippen LogP contribution >= 0.6 is 11.8 Å². The van der Waals surface area contributed by atoms with Gasteiger partial charge in [0.25, 0.3) is 0 Å². The molecule has 2 nitrogen and oxygen atoms in total. The maximum Gasteiger partial charge on any atom is 0.163 e. The van der Waals surface area contributed by atoms with Crippen molar-refractivity contribution in [1.82, 2.24) is 0 Å². The topological polar surface area (TPSA) is 40.5 Å². The summed E-state index contributed by atoms with van der Waals surface area (Å²) in [5.74, 6) is 0. The minimum atomic E-state index is -1.16. The second kappa shape index (κ2) is 4.18. The normalized spacial score (nSPS) is 14.6. The molecular formula is C5H12O2S. The fourth-order valence-electron chi connectivity index (χ4n) is 0.499. The summed E-state index contributed by atoms with van der Waals surface area (Å²) >= 11 is 1.48. The van der Waals surface area contributed by atoms with Crippen molar-refractivity contribution in [3.8, 4) is 0 Å². The molecule has 0 spiro atoms. The molecule has 0 amide bonds. The third-order valence-electron chi connectivity index (χ3n) is 1.04. The Labute approximate surface area is 53.9 Å². The van der Waals surface area contributed by atoms with E-state index in [1.54, 1.807) is 0 Å². The predicted octanol–water partition coefficient (Wildman–Crippen LogP) is 0.439. The molecule has 3 heteroatoms. The average molecular weight is 136 g/mol. The van der Waals surface area contributed by atoms with Gasteiger partial charge >= 0.3 is 0 Å². The molecule has 1 atom stereocenters. The number of thioether (sulfide) groups is 1. The van der Waals surface area contributed by atoms with Crippen molar-refractivity contribution in [2.24, 2.45) is 0 Å². The molecule has 0 heterocycles. The molecule has 0 radical (unpaired) electrons. The van der Waals surface area contributed by atoms with Crippen LogP contribution in [0.4, 0.5) is 0 Å². The lowest BCUT2D eigenvalue weighted by Gasteiger charge is -2.12. The Bertz CT molecular complexity index is 52.4. The Morgan fingerprint density at radius 2 is 2.00 bits per heavy atom. The van der Waals surface area contributed by atoms with Crippen LogP contribution in [-0.2, 0) is 0 Å². The summed E-state index contributed by atoms with van der Waals surface area (Å²) in [5, 5.41) is 17.1. The molecule has 50 valence electrons. The standard InChI is InChI=1S/C5H12O2S/c1-3-4(8-2)5(6)7/h4-7H,3H2,1-2H3. The van der Waals surface area contributed by atoms with Crippen molar-refractivity contribution in [3.63, 3.8) is 0 Å². The van der Waals surface area contributed by atoms with Gasteiger partial charge in [0.05, 0.1) is 5.25 Å². The molecule has 0 aromatic rings. The van der Waals surface area contributed by atoms with E-state index in [4.69, 9.17) is 10.2 Å². The minimum absolute atomic E-state index is 0.0185. The fraction of sp³-hybridized carbons (Fsp3) is 1.00. The van der Waals surface area contributed by atoms with Gasteiger partial charge in [-0.15, -0.1) is 0 Å². The monoisotopic (exact) mass is 136 g/mol. The summed E-state index contributed by atoms with van der Waals surface area (Å²) in [4.78, 5) is 0. The lowest BCUT2D eigenvalue weighted by atomic mass is 10.3. The van der Waals surface area contributed by atoms with Crippen LogP contribution in [0.2, 0.25) is 0 Å². The SMILES string of the molecule is CCC(SC)C(O)O. The summed E-state index contributed by atoms with van der Waals surface area (Å²) < 4.78 is 0. The van der Waals surface area contributed by atoms with Gasteiger partial charge in [0.2, 0.25) is 0 Å². The molecule has 0 aliphatic heterocycles. The quantitative estimate of drug-likeness (QED) is 0.553. The number of aliphatic hydroxyl groups is 2. The summed E-state index contributed by atoms with van der Waals surface area (Å²) in [6, 6.07) is 0. The molecule has 0 aliphatic rings. The van der Waals surface area contributed by atoms with Gasteiger partial charge in [0.1, 0.15) is 0 Å². The molecule has 2 N–H and O–H groups in total. The van der Waals surface area contributed by atoms with Gasteiger partial charge in [-0.3, -0.25) is 0 Å². The number of hydrogen-bond acceptors (Lipinski definition) is 3. The molecule has 8 heavy (non-hydrogen) atoms. The third-order valence-corrected chi connectivity index (χ3v) is 2.22. The van der Waals surface area contributed by atoms with Crippen LogP contribution < -0.4 is 0 Å². The van der Waals surface area contributed by atoms with Crippen LogP contribution in [0.1, 0.15) is 13.3 Å². The number of rotatable bonds is 3. The van der Waals surface area contributed by atoms with Crippen molar-refractivity contribution in [2.75, 3.05) is 6.26 Å². The zero-order chi connectivity index (χ0) is 6.57. The zero-order valence-electron chi connectivity index (χ0n) is 5.16. The Hall–Kier alpha value is 0.270. The molecule has 0 aromatic heterocycles. The van der Waals surface area contributed by atoms with Crippen molar-refractivity contribution in [1.29, 1.82) is 0 Å². The predicted molar refractivity (Wildman–Crippen MR) is 35.8 cm³/mol.